The quantitative estimate of drug-likeness (QED) is 0.434. The molecule has 10 heteroatoms. The zero-order valence-corrected chi connectivity index (χ0v) is 18.3. The molecule has 30 heavy (non-hydrogen) atoms. The van der Waals surface area contributed by atoms with Crippen LogP contribution in [0.25, 0.3) is 22.6 Å². The van der Waals surface area contributed by atoms with Gasteiger partial charge in [0.2, 0.25) is 21.7 Å². The van der Waals surface area contributed by atoms with Gasteiger partial charge in [0.15, 0.2) is 0 Å². The highest BCUT2D eigenvalue weighted by Crippen LogP contribution is 2.26. The number of sulfonamides is 1. The minimum absolute atomic E-state index is 0.106. The first-order valence-corrected chi connectivity index (χ1v) is 11.8. The number of thiazole rings is 1. The first-order chi connectivity index (χ1) is 14.4. The summed E-state index contributed by atoms with van der Waals surface area (Å²) in [6.45, 7) is 1.95. The zero-order valence-electron chi connectivity index (χ0n) is 15.9. The van der Waals surface area contributed by atoms with Crippen LogP contribution >= 0.6 is 22.9 Å². The van der Waals surface area contributed by atoms with Crippen LogP contribution in [0.3, 0.4) is 0 Å². The number of nitrogens with one attached hydrogen (secondary N) is 1. The van der Waals surface area contributed by atoms with Crippen molar-refractivity contribution < 1.29 is 12.9 Å². The standard InChI is InChI=1S/C20H17ClN4O3S2/c1-2-19-23-17(12-29-19)13-4-3-5-14(10-13)20-24-18(28-25-20)11-22-30(26,27)16-8-6-15(21)7-9-16/h3-10,12,22H,2,11H2,1H3. The molecule has 0 radical (unpaired) electrons. The number of hydrogen-bond donors (Lipinski definition) is 1. The van der Waals surface area contributed by atoms with Gasteiger partial charge in [-0.15, -0.1) is 11.3 Å². The van der Waals surface area contributed by atoms with Crippen molar-refractivity contribution in [2.24, 2.45) is 0 Å². The third kappa shape index (κ3) is 4.59. The molecular formula is C20H17ClN4O3S2. The summed E-state index contributed by atoms with van der Waals surface area (Å²) >= 11 is 7.43. The maximum Gasteiger partial charge on any atom is 0.242 e. The van der Waals surface area contributed by atoms with Gasteiger partial charge in [-0.25, -0.2) is 18.1 Å². The van der Waals surface area contributed by atoms with E-state index in [4.69, 9.17) is 16.1 Å². The average molecular weight is 461 g/mol. The molecule has 0 saturated carbocycles. The lowest BCUT2D eigenvalue weighted by Gasteiger charge is -2.04. The third-order valence-corrected chi connectivity index (χ3v) is 6.94. The molecule has 2 aromatic heterocycles. The van der Waals surface area contributed by atoms with Crippen LogP contribution in [0.4, 0.5) is 0 Å². The number of nitrogens with zero attached hydrogens (tertiary/aromatic N) is 3. The Kier molecular flexibility index (Phi) is 5.96. The maximum absolute atomic E-state index is 12.4. The summed E-state index contributed by atoms with van der Waals surface area (Å²) in [4.78, 5) is 9.01. The first-order valence-electron chi connectivity index (χ1n) is 9.07. The van der Waals surface area contributed by atoms with Crippen molar-refractivity contribution in [1.29, 1.82) is 0 Å². The molecule has 4 aromatic rings. The van der Waals surface area contributed by atoms with Crippen molar-refractivity contribution in [3.05, 3.63) is 69.8 Å². The smallest absolute Gasteiger partial charge is 0.242 e. The number of halogens is 1. The lowest BCUT2D eigenvalue weighted by Crippen LogP contribution is -2.23. The van der Waals surface area contributed by atoms with Gasteiger partial charge < -0.3 is 4.52 Å². The topological polar surface area (TPSA) is 98.0 Å². The van der Waals surface area contributed by atoms with Crippen LogP contribution in [0, 0.1) is 0 Å². The summed E-state index contributed by atoms with van der Waals surface area (Å²) in [5, 5.41) is 7.52. The molecule has 0 unspecified atom stereocenters. The number of aryl methyl sites for hydroxylation is 1. The molecule has 0 saturated heterocycles. The minimum Gasteiger partial charge on any atom is -0.338 e. The Morgan fingerprint density at radius 1 is 1.10 bits per heavy atom. The lowest BCUT2D eigenvalue weighted by molar-refractivity contribution is 0.376. The van der Waals surface area contributed by atoms with Crippen LogP contribution in [0.1, 0.15) is 17.8 Å². The van der Waals surface area contributed by atoms with Gasteiger partial charge in [0.05, 0.1) is 22.1 Å². The van der Waals surface area contributed by atoms with E-state index in [0.29, 0.717) is 10.8 Å². The summed E-state index contributed by atoms with van der Waals surface area (Å²) < 4.78 is 32.4. The summed E-state index contributed by atoms with van der Waals surface area (Å²) in [5.41, 5.74) is 2.62. The van der Waals surface area contributed by atoms with Crippen molar-refractivity contribution in [3.63, 3.8) is 0 Å². The first kappa shape index (κ1) is 20.7. The second-order valence-electron chi connectivity index (χ2n) is 6.35. The van der Waals surface area contributed by atoms with Crippen LogP contribution < -0.4 is 4.72 Å². The van der Waals surface area contributed by atoms with Crippen LogP contribution in [0.2, 0.25) is 5.02 Å². The fourth-order valence-electron chi connectivity index (χ4n) is 2.72. The van der Waals surface area contributed by atoms with Crippen molar-refractivity contribution in [2.45, 2.75) is 24.8 Å². The van der Waals surface area contributed by atoms with Crippen molar-refractivity contribution in [1.82, 2.24) is 19.8 Å². The van der Waals surface area contributed by atoms with Gasteiger partial charge in [-0.05, 0) is 36.8 Å². The summed E-state index contributed by atoms with van der Waals surface area (Å²) in [5.74, 6) is 0.540. The summed E-state index contributed by atoms with van der Waals surface area (Å²) in [7, 11) is -3.72. The van der Waals surface area contributed by atoms with Crippen molar-refractivity contribution >= 4 is 33.0 Å². The largest absolute Gasteiger partial charge is 0.338 e. The molecule has 4 rings (SSSR count). The molecular weight excluding hydrogens is 444 g/mol. The number of hydrogen-bond acceptors (Lipinski definition) is 7. The molecule has 0 aliphatic rings. The van der Waals surface area contributed by atoms with Crippen LogP contribution in [0.15, 0.2) is 63.3 Å². The van der Waals surface area contributed by atoms with Gasteiger partial charge in [-0.2, -0.15) is 4.98 Å². The van der Waals surface area contributed by atoms with Gasteiger partial charge in [0, 0.05) is 21.5 Å². The molecule has 154 valence electrons. The van der Waals surface area contributed by atoms with E-state index in [1.807, 2.05) is 29.6 Å². The highest BCUT2D eigenvalue weighted by Gasteiger charge is 2.16. The van der Waals surface area contributed by atoms with Crippen LogP contribution in [-0.2, 0) is 23.0 Å². The molecule has 7 nitrogen and oxygen atoms in total. The Morgan fingerprint density at radius 3 is 2.60 bits per heavy atom. The molecule has 2 heterocycles. The normalized spacial score (nSPS) is 11.7. The van der Waals surface area contributed by atoms with E-state index in [0.717, 1.165) is 28.2 Å². The van der Waals surface area contributed by atoms with Crippen LogP contribution in [0.5, 0.6) is 0 Å². The Morgan fingerprint density at radius 2 is 1.87 bits per heavy atom. The number of rotatable bonds is 7. The monoisotopic (exact) mass is 460 g/mol. The molecule has 2 aromatic carbocycles. The van der Waals surface area contributed by atoms with Gasteiger partial charge in [-0.3, -0.25) is 0 Å². The van der Waals surface area contributed by atoms with E-state index in [1.54, 1.807) is 11.3 Å². The van der Waals surface area contributed by atoms with Crippen molar-refractivity contribution in [2.75, 3.05) is 0 Å². The lowest BCUT2D eigenvalue weighted by atomic mass is 10.1. The number of benzene rings is 2. The zero-order chi connectivity index (χ0) is 21.1. The van der Waals surface area contributed by atoms with E-state index in [9.17, 15) is 8.42 Å². The van der Waals surface area contributed by atoms with Gasteiger partial charge >= 0.3 is 0 Å². The molecule has 0 aliphatic carbocycles. The summed E-state index contributed by atoms with van der Waals surface area (Å²) in [6, 6.07) is 13.5. The second-order valence-corrected chi connectivity index (χ2v) is 9.50. The van der Waals surface area contributed by atoms with Gasteiger partial charge in [-0.1, -0.05) is 41.9 Å². The van der Waals surface area contributed by atoms with E-state index in [-0.39, 0.29) is 17.3 Å². The maximum atomic E-state index is 12.4. The fourth-order valence-corrected chi connectivity index (χ4v) is 4.58. The SMILES string of the molecule is CCc1nc(-c2cccc(-c3noc(CNS(=O)(=O)c4ccc(Cl)cc4)n3)c2)cs1. The molecule has 0 fully saturated rings. The van der Waals surface area contributed by atoms with Gasteiger partial charge in [0.25, 0.3) is 0 Å². The molecule has 0 aliphatic heterocycles. The van der Waals surface area contributed by atoms with E-state index < -0.39 is 10.0 Å². The van der Waals surface area contributed by atoms with E-state index >= 15 is 0 Å². The average Bonchev–Trinajstić information content (AvgIpc) is 3.43. The van der Waals surface area contributed by atoms with E-state index in [1.165, 1.54) is 24.3 Å². The Labute approximate surface area is 182 Å². The molecule has 0 atom stereocenters. The second kappa shape index (κ2) is 8.65. The van der Waals surface area contributed by atoms with Crippen molar-refractivity contribution in [3.8, 4) is 22.6 Å². The van der Waals surface area contributed by atoms with Gasteiger partial charge in [0.1, 0.15) is 0 Å². The molecule has 0 amide bonds. The highest BCUT2D eigenvalue weighted by atomic mass is 35.5. The van der Waals surface area contributed by atoms with Crippen LogP contribution in [-0.4, -0.2) is 23.5 Å². The summed E-state index contributed by atoms with van der Waals surface area (Å²) in [6.07, 6.45) is 0.893. The predicted octanol–water partition coefficient (Wildman–Crippen LogP) is 4.55. The van der Waals surface area contributed by atoms with E-state index in [2.05, 4.69) is 26.8 Å². The number of aromatic nitrogens is 3. The molecule has 0 bridgehead atoms. The highest BCUT2D eigenvalue weighted by molar-refractivity contribution is 7.89. The predicted molar refractivity (Wildman–Crippen MR) is 116 cm³/mol. The Balaban J connectivity index is 1.49. The molecule has 0 spiro atoms. The fraction of sp³-hybridized carbons (Fsp3) is 0.150. The molecule has 1 N–H and O–H groups in total. The Bertz CT molecular complexity index is 1270. The Hall–Kier alpha value is -2.59. The minimum atomic E-state index is -3.72. The third-order valence-electron chi connectivity index (χ3n) is 4.28.